The number of esters is 1. The average Bonchev–Trinajstić information content (AvgIpc) is 2.35. The van der Waals surface area contributed by atoms with Gasteiger partial charge in [-0.15, -0.1) is 0 Å². The Morgan fingerprint density at radius 1 is 1.26 bits per heavy atom. The van der Waals surface area contributed by atoms with Gasteiger partial charge in [0.2, 0.25) is 0 Å². The molecule has 6 heteroatoms. The molecule has 6 nitrogen and oxygen atoms in total. The lowest BCUT2D eigenvalue weighted by Crippen LogP contribution is -2.47. The fraction of sp³-hybridized carbons (Fsp3) is 0.846. The number of methoxy groups -OCH3 is 1. The van der Waals surface area contributed by atoms with Crippen LogP contribution in [-0.2, 0) is 14.3 Å². The third-order valence-corrected chi connectivity index (χ3v) is 3.17. The van der Waals surface area contributed by atoms with Gasteiger partial charge in [0, 0.05) is 13.1 Å². The Bertz CT molecular complexity index is 330. The molecule has 0 aliphatic carbocycles. The molecule has 0 radical (unpaired) electrons. The van der Waals surface area contributed by atoms with E-state index in [1.807, 2.05) is 20.8 Å². The lowest BCUT2D eigenvalue weighted by Gasteiger charge is -2.34. The second-order valence-electron chi connectivity index (χ2n) is 5.85. The molecule has 1 rings (SSSR count). The number of nitrogens with two attached hydrogens (primary N) is 1. The molecule has 0 bridgehead atoms. The average molecular weight is 272 g/mol. The number of ether oxygens (including phenoxy) is 2. The Labute approximate surface area is 114 Å². The molecule has 0 aromatic heterocycles. The second-order valence-corrected chi connectivity index (χ2v) is 5.85. The van der Waals surface area contributed by atoms with Gasteiger partial charge in [0.15, 0.2) is 0 Å². The van der Waals surface area contributed by atoms with Gasteiger partial charge in [0.1, 0.15) is 11.6 Å². The van der Waals surface area contributed by atoms with E-state index in [0.29, 0.717) is 25.9 Å². The smallest absolute Gasteiger partial charge is 0.410 e. The molecule has 1 amide bonds. The predicted octanol–water partition coefficient (Wildman–Crippen LogP) is 1.13. The van der Waals surface area contributed by atoms with Crippen LogP contribution in [0, 0.1) is 5.92 Å². The fourth-order valence-electron chi connectivity index (χ4n) is 2.10. The fourth-order valence-corrected chi connectivity index (χ4v) is 2.10. The number of carbonyl (C=O) groups is 2. The van der Waals surface area contributed by atoms with Crippen LogP contribution in [0.15, 0.2) is 0 Å². The van der Waals surface area contributed by atoms with Crippen LogP contribution in [0.25, 0.3) is 0 Å². The molecule has 1 aliphatic rings. The number of likely N-dealkylation sites (tertiary alicyclic amines) is 1. The standard InChI is InChI=1S/C13H24N2O4/c1-13(2,3)19-12(17)15-7-5-9(6-8-15)10(14)11(16)18-4/h9-10H,5-8,14H2,1-4H3/t10-/m1/s1. The summed E-state index contributed by atoms with van der Waals surface area (Å²) in [6.45, 7) is 6.63. The Morgan fingerprint density at radius 2 is 1.79 bits per heavy atom. The van der Waals surface area contributed by atoms with Crippen molar-refractivity contribution < 1.29 is 19.1 Å². The van der Waals surface area contributed by atoms with Gasteiger partial charge in [-0.25, -0.2) is 4.79 Å². The van der Waals surface area contributed by atoms with Crippen LogP contribution in [-0.4, -0.2) is 48.8 Å². The van der Waals surface area contributed by atoms with Gasteiger partial charge in [-0.1, -0.05) is 0 Å². The number of rotatable bonds is 2. The summed E-state index contributed by atoms with van der Waals surface area (Å²) in [6, 6.07) is -0.606. The number of piperidine rings is 1. The van der Waals surface area contributed by atoms with E-state index < -0.39 is 17.6 Å². The first kappa shape index (κ1) is 15.8. The molecule has 1 saturated heterocycles. The lowest BCUT2D eigenvalue weighted by molar-refractivity contribution is -0.143. The highest BCUT2D eigenvalue weighted by molar-refractivity contribution is 5.75. The maximum absolute atomic E-state index is 11.9. The molecule has 1 heterocycles. The molecular weight excluding hydrogens is 248 g/mol. The van der Waals surface area contributed by atoms with Crippen LogP contribution in [0.1, 0.15) is 33.6 Å². The number of amides is 1. The number of hydrogen-bond acceptors (Lipinski definition) is 5. The zero-order valence-corrected chi connectivity index (χ0v) is 12.1. The largest absolute Gasteiger partial charge is 0.468 e. The van der Waals surface area contributed by atoms with E-state index in [-0.39, 0.29) is 12.0 Å². The van der Waals surface area contributed by atoms with E-state index in [1.54, 1.807) is 4.90 Å². The molecule has 1 aliphatic heterocycles. The molecular formula is C13H24N2O4. The van der Waals surface area contributed by atoms with Crippen LogP contribution in [0.4, 0.5) is 4.79 Å². The van der Waals surface area contributed by atoms with Crippen molar-refractivity contribution in [3.8, 4) is 0 Å². The van der Waals surface area contributed by atoms with Crippen LogP contribution >= 0.6 is 0 Å². The summed E-state index contributed by atoms with van der Waals surface area (Å²) in [6.07, 6.45) is 1.07. The first-order valence-corrected chi connectivity index (χ1v) is 6.56. The van der Waals surface area contributed by atoms with Crippen molar-refractivity contribution in [2.75, 3.05) is 20.2 Å². The Balaban J connectivity index is 2.45. The number of hydrogen-bond donors (Lipinski definition) is 1. The molecule has 0 aromatic carbocycles. The second kappa shape index (κ2) is 6.23. The van der Waals surface area contributed by atoms with Crippen molar-refractivity contribution in [3.63, 3.8) is 0 Å². The number of carbonyl (C=O) groups excluding carboxylic acids is 2. The molecule has 0 saturated carbocycles. The Kier molecular flexibility index (Phi) is 5.17. The molecule has 110 valence electrons. The summed E-state index contributed by atoms with van der Waals surface area (Å²) in [5, 5.41) is 0. The highest BCUT2D eigenvalue weighted by Crippen LogP contribution is 2.22. The Hall–Kier alpha value is -1.30. The van der Waals surface area contributed by atoms with Crippen molar-refractivity contribution in [2.45, 2.75) is 45.3 Å². The summed E-state index contributed by atoms with van der Waals surface area (Å²) in [4.78, 5) is 24.9. The van der Waals surface area contributed by atoms with Crippen molar-refractivity contribution in [1.82, 2.24) is 4.90 Å². The topological polar surface area (TPSA) is 81.9 Å². The van der Waals surface area contributed by atoms with E-state index in [0.717, 1.165) is 0 Å². The lowest BCUT2D eigenvalue weighted by atomic mass is 9.90. The van der Waals surface area contributed by atoms with Crippen molar-refractivity contribution in [1.29, 1.82) is 0 Å². The zero-order valence-electron chi connectivity index (χ0n) is 12.1. The molecule has 0 unspecified atom stereocenters. The molecule has 2 N–H and O–H groups in total. The highest BCUT2D eigenvalue weighted by atomic mass is 16.6. The quantitative estimate of drug-likeness (QED) is 0.762. The summed E-state index contributed by atoms with van der Waals surface area (Å²) in [5.41, 5.74) is 5.33. The maximum atomic E-state index is 11.9. The van der Waals surface area contributed by atoms with E-state index in [9.17, 15) is 9.59 Å². The van der Waals surface area contributed by atoms with E-state index in [1.165, 1.54) is 7.11 Å². The summed E-state index contributed by atoms with van der Waals surface area (Å²) in [5.74, 6) is -0.332. The summed E-state index contributed by atoms with van der Waals surface area (Å²) in [7, 11) is 1.33. The van der Waals surface area contributed by atoms with Gasteiger partial charge in [-0.2, -0.15) is 0 Å². The van der Waals surface area contributed by atoms with Crippen LogP contribution < -0.4 is 5.73 Å². The molecule has 0 spiro atoms. The van der Waals surface area contributed by atoms with Gasteiger partial charge in [-0.05, 0) is 39.5 Å². The van der Waals surface area contributed by atoms with Gasteiger partial charge in [0.05, 0.1) is 7.11 Å². The van der Waals surface area contributed by atoms with Crippen LogP contribution in [0.2, 0.25) is 0 Å². The van der Waals surface area contributed by atoms with Crippen molar-refractivity contribution in [2.24, 2.45) is 11.7 Å². The first-order valence-electron chi connectivity index (χ1n) is 6.56. The van der Waals surface area contributed by atoms with Gasteiger partial charge in [0.25, 0.3) is 0 Å². The summed E-state index contributed by atoms with van der Waals surface area (Å²) < 4.78 is 9.94. The zero-order chi connectivity index (χ0) is 14.6. The van der Waals surface area contributed by atoms with Gasteiger partial charge >= 0.3 is 12.1 Å². The normalized spacial score (nSPS) is 18.9. The minimum absolute atomic E-state index is 0.0612. The minimum Gasteiger partial charge on any atom is -0.468 e. The van der Waals surface area contributed by atoms with Crippen LogP contribution in [0.3, 0.4) is 0 Å². The van der Waals surface area contributed by atoms with E-state index >= 15 is 0 Å². The van der Waals surface area contributed by atoms with Crippen molar-refractivity contribution >= 4 is 12.1 Å². The number of nitrogens with zero attached hydrogens (tertiary/aromatic N) is 1. The Morgan fingerprint density at radius 3 is 2.21 bits per heavy atom. The SMILES string of the molecule is COC(=O)[C@H](N)C1CCN(C(=O)OC(C)(C)C)CC1. The van der Waals surface area contributed by atoms with Crippen LogP contribution in [0.5, 0.6) is 0 Å². The molecule has 0 aromatic rings. The molecule has 1 atom stereocenters. The summed E-state index contributed by atoms with van der Waals surface area (Å²) >= 11 is 0. The highest BCUT2D eigenvalue weighted by Gasteiger charge is 2.32. The van der Waals surface area contributed by atoms with Gasteiger partial charge < -0.3 is 20.1 Å². The van der Waals surface area contributed by atoms with Gasteiger partial charge in [-0.3, -0.25) is 4.79 Å². The minimum atomic E-state index is -0.606. The van der Waals surface area contributed by atoms with E-state index in [4.69, 9.17) is 10.5 Å². The third-order valence-electron chi connectivity index (χ3n) is 3.17. The third kappa shape index (κ3) is 4.70. The van der Waals surface area contributed by atoms with E-state index in [2.05, 4.69) is 4.74 Å². The maximum Gasteiger partial charge on any atom is 0.410 e. The first-order chi connectivity index (χ1) is 8.74. The molecule has 1 fully saturated rings. The van der Waals surface area contributed by atoms with Crippen molar-refractivity contribution in [3.05, 3.63) is 0 Å². The monoisotopic (exact) mass is 272 g/mol. The predicted molar refractivity (Wildman–Crippen MR) is 70.5 cm³/mol. The molecule has 19 heavy (non-hydrogen) atoms.